The predicted octanol–water partition coefficient (Wildman–Crippen LogP) is 1.37. The van der Waals surface area contributed by atoms with Crippen LogP contribution >= 0.6 is 7.60 Å². The Labute approximate surface area is 186 Å². The first-order valence-corrected chi connectivity index (χ1v) is 12.1. The average molecular weight is 473 g/mol. The van der Waals surface area contributed by atoms with Crippen molar-refractivity contribution < 1.29 is 34.0 Å². The second-order valence-corrected chi connectivity index (χ2v) is 10.7. The van der Waals surface area contributed by atoms with Crippen molar-refractivity contribution in [1.29, 1.82) is 0 Å². The molecule has 2 aromatic heterocycles. The van der Waals surface area contributed by atoms with Gasteiger partial charge in [0.2, 0.25) is 0 Å². The van der Waals surface area contributed by atoms with Gasteiger partial charge in [-0.1, -0.05) is 13.8 Å². The number of hydrogen-bond donors (Lipinski definition) is 5. The van der Waals surface area contributed by atoms with Gasteiger partial charge in [0, 0.05) is 13.5 Å². The number of aromatic nitrogens is 4. The molecule has 0 spiro atoms. The molecule has 0 saturated carbocycles. The molecule has 12 nitrogen and oxygen atoms in total. The molecule has 1 aliphatic rings. The van der Waals surface area contributed by atoms with Gasteiger partial charge in [0.15, 0.2) is 23.0 Å². The molecule has 0 aromatic carbocycles. The van der Waals surface area contributed by atoms with Gasteiger partial charge in [0.25, 0.3) is 0 Å². The maximum atomic E-state index is 12.7. The lowest BCUT2D eigenvalue weighted by molar-refractivity contribution is -0.0689. The van der Waals surface area contributed by atoms with Crippen LogP contribution in [0.4, 0.5) is 5.82 Å². The van der Waals surface area contributed by atoms with E-state index in [9.17, 15) is 24.8 Å². The molecule has 0 amide bonds. The lowest BCUT2D eigenvalue weighted by Gasteiger charge is -2.37. The molecule has 2 aromatic rings. The second kappa shape index (κ2) is 8.94. The van der Waals surface area contributed by atoms with Crippen molar-refractivity contribution in [1.82, 2.24) is 19.5 Å². The highest BCUT2D eigenvalue weighted by atomic mass is 31.2. The van der Waals surface area contributed by atoms with Crippen LogP contribution in [0, 0.1) is 0 Å². The Kier molecular flexibility index (Phi) is 6.98. The Hall–Kier alpha value is -1.66. The van der Waals surface area contributed by atoms with Crippen LogP contribution in [0.15, 0.2) is 12.7 Å². The van der Waals surface area contributed by atoms with Gasteiger partial charge in [-0.15, -0.1) is 0 Å². The summed E-state index contributed by atoms with van der Waals surface area (Å²) in [6, 6.07) is 0. The summed E-state index contributed by atoms with van der Waals surface area (Å²) in [5, 5.41) is 32.6. The molecule has 1 aliphatic heterocycles. The zero-order valence-corrected chi connectivity index (χ0v) is 19.7. The summed E-state index contributed by atoms with van der Waals surface area (Å²) in [7, 11) is -2.72. The molecule has 0 bridgehead atoms. The van der Waals surface area contributed by atoms with Crippen LogP contribution in [0.5, 0.6) is 0 Å². The van der Waals surface area contributed by atoms with Gasteiger partial charge in [-0.3, -0.25) is 9.13 Å². The number of aliphatic hydroxyl groups excluding tert-OH is 2. The quantitative estimate of drug-likeness (QED) is 0.333. The van der Waals surface area contributed by atoms with E-state index in [1.54, 1.807) is 27.8 Å². The molecule has 180 valence electrons. The lowest BCUT2D eigenvalue weighted by Crippen LogP contribution is -2.40. The fraction of sp³-hybridized carbons (Fsp3) is 0.737. The van der Waals surface area contributed by atoms with Gasteiger partial charge < -0.3 is 34.8 Å². The minimum Gasteiger partial charge on any atom is -0.388 e. The number of ether oxygens (including phenoxy) is 1. The first-order valence-electron chi connectivity index (χ1n) is 10.5. The molecule has 3 rings (SSSR count). The van der Waals surface area contributed by atoms with E-state index < -0.39 is 43.1 Å². The van der Waals surface area contributed by atoms with E-state index in [0.29, 0.717) is 23.4 Å². The number of aliphatic hydroxyl groups is 3. The Morgan fingerprint density at radius 1 is 1.22 bits per heavy atom. The number of anilines is 1. The van der Waals surface area contributed by atoms with Crippen LogP contribution in [-0.2, 0) is 13.8 Å². The SMILES string of the molecule is CCC(C)(C[C@H]1OC(n2cnc3c(NC)ncnc32)[C@H](O)[C@@H]1O)OP(=O)(O)C(C)(O)CC. The highest BCUT2D eigenvalue weighted by Gasteiger charge is 2.50. The number of nitrogens with zero attached hydrogens (tertiary/aromatic N) is 4. The second-order valence-electron chi connectivity index (χ2n) is 8.53. The Balaban J connectivity index is 1.84. The first-order chi connectivity index (χ1) is 14.9. The van der Waals surface area contributed by atoms with Crippen molar-refractivity contribution in [2.45, 2.75) is 82.4 Å². The lowest BCUT2D eigenvalue weighted by atomic mass is 9.93. The standard InChI is InChI=1S/C19H32N5O7P/c1-6-18(3,31-32(28,29)19(4,27)7-2)8-11-13(25)14(26)17(30-11)24-10-23-12-15(20-5)21-9-22-16(12)24/h9-11,13-14,17,25-27H,6-8H2,1-5H3,(H,28,29)(H,20,21,22)/t11-,13-,14-,17?,18?,19?/m1/s1. The highest BCUT2D eigenvalue weighted by Crippen LogP contribution is 2.59. The minimum atomic E-state index is -4.41. The smallest absolute Gasteiger partial charge is 0.359 e. The van der Waals surface area contributed by atoms with Crippen LogP contribution in [0.2, 0.25) is 0 Å². The normalized spacial score (nSPS) is 29.4. The summed E-state index contributed by atoms with van der Waals surface area (Å²) in [6.45, 7) is 6.20. The van der Waals surface area contributed by atoms with Gasteiger partial charge in [-0.25, -0.2) is 15.0 Å². The molecular formula is C19H32N5O7P. The maximum absolute atomic E-state index is 12.7. The summed E-state index contributed by atoms with van der Waals surface area (Å²) < 4.78 is 25.7. The monoisotopic (exact) mass is 473 g/mol. The topological polar surface area (TPSA) is 172 Å². The maximum Gasteiger partial charge on any atom is 0.359 e. The van der Waals surface area contributed by atoms with E-state index in [-0.39, 0.29) is 12.8 Å². The Morgan fingerprint density at radius 3 is 2.50 bits per heavy atom. The van der Waals surface area contributed by atoms with Crippen LogP contribution in [0.25, 0.3) is 11.2 Å². The van der Waals surface area contributed by atoms with Crippen LogP contribution in [0.3, 0.4) is 0 Å². The Bertz CT molecular complexity index is 1000. The van der Waals surface area contributed by atoms with Gasteiger partial charge in [0.1, 0.15) is 24.1 Å². The van der Waals surface area contributed by atoms with E-state index >= 15 is 0 Å². The average Bonchev–Trinajstić information content (AvgIpc) is 3.29. The molecule has 0 aliphatic carbocycles. The molecule has 7 atom stereocenters. The van der Waals surface area contributed by atoms with E-state index in [2.05, 4.69) is 20.3 Å². The summed E-state index contributed by atoms with van der Waals surface area (Å²) in [6.07, 6.45) is -1.36. The summed E-state index contributed by atoms with van der Waals surface area (Å²) in [5.41, 5.74) is -0.314. The third-order valence-electron chi connectivity index (χ3n) is 6.21. The van der Waals surface area contributed by atoms with Crippen molar-refractivity contribution in [2.24, 2.45) is 0 Å². The Morgan fingerprint density at radius 2 is 1.91 bits per heavy atom. The molecule has 4 unspecified atom stereocenters. The summed E-state index contributed by atoms with van der Waals surface area (Å²) >= 11 is 0. The molecule has 1 saturated heterocycles. The van der Waals surface area contributed by atoms with Crippen molar-refractivity contribution >= 4 is 24.6 Å². The summed E-state index contributed by atoms with van der Waals surface area (Å²) in [4.78, 5) is 22.9. The zero-order chi connectivity index (χ0) is 23.9. The van der Waals surface area contributed by atoms with Crippen molar-refractivity contribution in [3.05, 3.63) is 12.7 Å². The van der Waals surface area contributed by atoms with Crippen molar-refractivity contribution in [3.8, 4) is 0 Å². The third kappa shape index (κ3) is 4.41. The molecule has 3 heterocycles. The van der Waals surface area contributed by atoms with Crippen molar-refractivity contribution in [3.63, 3.8) is 0 Å². The van der Waals surface area contributed by atoms with Gasteiger partial charge >= 0.3 is 7.60 Å². The summed E-state index contributed by atoms with van der Waals surface area (Å²) in [5.74, 6) is 0.506. The minimum absolute atomic E-state index is 0.00590. The van der Waals surface area contributed by atoms with Gasteiger partial charge in [-0.05, 0) is 26.7 Å². The highest BCUT2D eigenvalue weighted by molar-refractivity contribution is 7.54. The zero-order valence-electron chi connectivity index (χ0n) is 18.8. The number of nitrogens with one attached hydrogen (secondary N) is 1. The van der Waals surface area contributed by atoms with E-state index in [1.165, 1.54) is 24.1 Å². The predicted molar refractivity (Wildman–Crippen MR) is 116 cm³/mol. The largest absolute Gasteiger partial charge is 0.388 e. The van der Waals surface area contributed by atoms with E-state index in [4.69, 9.17) is 9.26 Å². The number of fused-ring (bicyclic) bond motifs is 1. The molecule has 32 heavy (non-hydrogen) atoms. The molecule has 5 N–H and O–H groups in total. The van der Waals surface area contributed by atoms with Crippen LogP contribution < -0.4 is 5.32 Å². The molecule has 0 radical (unpaired) electrons. The van der Waals surface area contributed by atoms with Gasteiger partial charge in [-0.2, -0.15) is 0 Å². The van der Waals surface area contributed by atoms with Gasteiger partial charge in [0.05, 0.1) is 18.0 Å². The number of rotatable bonds is 9. The molecular weight excluding hydrogens is 441 g/mol. The number of hydrogen-bond acceptors (Lipinski definition) is 10. The molecule has 13 heteroatoms. The number of imidazole rings is 1. The van der Waals surface area contributed by atoms with Crippen LogP contribution in [-0.4, -0.2) is 76.0 Å². The third-order valence-corrected chi connectivity index (χ3v) is 8.43. The molecule has 1 fully saturated rings. The fourth-order valence-corrected chi connectivity index (χ4v) is 5.01. The van der Waals surface area contributed by atoms with Crippen LogP contribution in [0.1, 0.15) is 53.2 Å². The van der Waals surface area contributed by atoms with E-state index in [0.717, 1.165) is 0 Å². The van der Waals surface area contributed by atoms with E-state index in [1.807, 2.05) is 0 Å². The van der Waals surface area contributed by atoms with Crippen molar-refractivity contribution in [2.75, 3.05) is 12.4 Å². The fourth-order valence-electron chi connectivity index (χ4n) is 3.62. The first kappa shape index (κ1) is 25.0.